The van der Waals surface area contributed by atoms with E-state index in [1.165, 1.54) is 0 Å². The summed E-state index contributed by atoms with van der Waals surface area (Å²) in [5.41, 5.74) is 1.76. The fraction of sp³-hybridized carbons (Fsp3) is 0.400. The SMILES string of the molecule is CCOC(=O)c1oc2cccc(NCS(=O)(=O)CC)c2c1C. The molecule has 0 saturated heterocycles. The molecule has 0 radical (unpaired) electrons. The predicted octanol–water partition coefficient (Wildman–Crippen LogP) is 2.72. The number of anilines is 1. The Labute approximate surface area is 129 Å². The fourth-order valence-electron chi connectivity index (χ4n) is 2.13. The first-order chi connectivity index (χ1) is 10.4. The topological polar surface area (TPSA) is 85.6 Å². The van der Waals surface area contributed by atoms with Crippen LogP contribution in [0.4, 0.5) is 5.69 Å². The largest absolute Gasteiger partial charge is 0.460 e. The third kappa shape index (κ3) is 3.24. The maximum absolute atomic E-state index is 11.9. The third-order valence-corrected chi connectivity index (χ3v) is 4.80. The van der Waals surface area contributed by atoms with E-state index in [1.54, 1.807) is 39.0 Å². The number of benzene rings is 1. The Balaban J connectivity index is 2.42. The molecule has 22 heavy (non-hydrogen) atoms. The van der Waals surface area contributed by atoms with Crippen LogP contribution in [0.15, 0.2) is 22.6 Å². The summed E-state index contributed by atoms with van der Waals surface area (Å²) in [4.78, 5) is 11.9. The highest BCUT2D eigenvalue weighted by atomic mass is 32.2. The lowest BCUT2D eigenvalue weighted by Gasteiger charge is -2.07. The number of furan rings is 1. The summed E-state index contributed by atoms with van der Waals surface area (Å²) in [6.07, 6.45) is 0. The molecule has 0 atom stereocenters. The Morgan fingerprint density at radius 1 is 1.32 bits per heavy atom. The van der Waals surface area contributed by atoms with E-state index in [0.717, 1.165) is 0 Å². The van der Waals surface area contributed by atoms with Crippen molar-refractivity contribution in [1.29, 1.82) is 0 Å². The van der Waals surface area contributed by atoms with Gasteiger partial charge in [-0.05, 0) is 26.0 Å². The molecule has 2 rings (SSSR count). The Morgan fingerprint density at radius 2 is 2.05 bits per heavy atom. The normalized spacial score (nSPS) is 11.6. The highest BCUT2D eigenvalue weighted by molar-refractivity contribution is 7.91. The van der Waals surface area contributed by atoms with Gasteiger partial charge in [0.1, 0.15) is 11.5 Å². The average molecular weight is 325 g/mol. The van der Waals surface area contributed by atoms with Crippen molar-refractivity contribution in [3.8, 4) is 0 Å². The van der Waals surface area contributed by atoms with Crippen molar-refractivity contribution in [3.63, 3.8) is 0 Å². The Bertz CT molecular complexity index is 792. The van der Waals surface area contributed by atoms with Gasteiger partial charge in [0, 0.05) is 22.4 Å². The number of ether oxygens (including phenoxy) is 1. The summed E-state index contributed by atoms with van der Waals surface area (Å²) in [6, 6.07) is 5.22. The monoisotopic (exact) mass is 325 g/mol. The number of carbonyl (C=O) groups is 1. The van der Waals surface area contributed by atoms with Crippen LogP contribution in [0.2, 0.25) is 0 Å². The molecule has 0 fully saturated rings. The van der Waals surface area contributed by atoms with Gasteiger partial charge in [-0.25, -0.2) is 13.2 Å². The fourth-order valence-corrected chi connectivity index (χ4v) is 2.71. The van der Waals surface area contributed by atoms with Gasteiger partial charge in [0.05, 0.1) is 6.61 Å². The molecule has 1 aromatic carbocycles. The van der Waals surface area contributed by atoms with E-state index in [-0.39, 0.29) is 24.0 Å². The summed E-state index contributed by atoms with van der Waals surface area (Å²) in [5, 5.41) is 3.60. The number of rotatable bonds is 6. The number of carbonyl (C=O) groups excluding carboxylic acids is 1. The molecule has 1 heterocycles. The highest BCUT2D eigenvalue weighted by Crippen LogP contribution is 2.32. The smallest absolute Gasteiger partial charge is 0.374 e. The first kappa shape index (κ1) is 16.4. The van der Waals surface area contributed by atoms with Gasteiger partial charge < -0.3 is 14.5 Å². The van der Waals surface area contributed by atoms with Gasteiger partial charge in [-0.3, -0.25) is 0 Å². The molecule has 0 spiro atoms. The minimum atomic E-state index is -3.15. The number of hydrogen-bond acceptors (Lipinski definition) is 6. The number of nitrogens with one attached hydrogen (secondary N) is 1. The first-order valence-corrected chi connectivity index (χ1v) is 8.85. The lowest BCUT2D eigenvalue weighted by molar-refractivity contribution is 0.0491. The van der Waals surface area contributed by atoms with Crippen LogP contribution in [0, 0.1) is 6.92 Å². The number of esters is 1. The second-order valence-electron chi connectivity index (χ2n) is 4.81. The van der Waals surface area contributed by atoms with Crippen molar-refractivity contribution in [1.82, 2.24) is 0 Å². The van der Waals surface area contributed by atoms with E-state index < -0.39 is 15.8 Å². The van der Waals surface area contributed by atoms with Crippen LogP contribution in [0.3, 0.4) is 0 Å². The van der Waals surface area contributed by atoms with E-state index in [2.05, 4.69) is 5.32 Å². The Morgan fingerprint density at radius 3 is 2.68 bits per heavy atom. The molecule has 0 unspecified atom stereocenters. The van der Waals surface area contributed by atoms with E-state index in [4.69, 9.17) is 9.15 Å². The van der Waals surface area contributed by atoms with Crippen LogP contribution in [0.25, 0.3) is 11.0 Å². The first-order valence-electron chi connectivity index (χ1n) is 7.03. The summed E-state index contributed by atoms with van der Waals surface area (Å²) in [5.74, 6) is -0.482. The van der Waals surface area contributed by atoms with Gasteiger partial charge >= 0.3 is 5.97 Å². The van der Waals surface area contributed by atoms with Gasteiger partial charge in [-0.15, -0.1) is 0 Å². The van der Waals surface area contributed by atoms with Crippen LogP contribution >= 0.6 is 0 Å². The molecular formula is C15H19NO5S. The lowest BCUT2D eigenvalue weighted by atomic mass is 10.1. The third-order valence-electron chi connectivity index (χ3n) is 3.34. The van der Waals surface area contributed by atoms with Crippen LogP contribution in [0.5, 0.6) is 0 Å². The van der Waals surface area contributed by atoms with Gasteiger partial charge in [0.15, 0.2) is 9.84 Å². The van der Waals surface area contributed by atoms with Crippen molar-refractivity contribution in [3.05, 3.63) is 29.5 Å². The molecule has 0 aliphatic rings. The van der Waals surface area contributed by atoms with Gasteiger partial charge in [0.25, 0.3) is 0 Å². The molecule has 0 aliphatic heterocycles. The van der Waals surface area contributed by atoms with E-state index in [9.17, 15) is 13.2 Å². The summed E-state index contributed by atoms with van der Waals surface area (Å²) >= 11 is 0. The van der Waals surface area contributed by atoms with Gasteiger partial charge in [-0.1, -0.05) is 13.0 Å². The molecule has 7 heteroatoms. The minimum absolute atomic E-state index is 0.0639. The van der Waals surface area contributed by atoms with Crippen molar-refractivity contribution >= 4 is 32.5 Å². The van der Waals surface area contributed by atoms with Gasteiger partial charge in [0.2, 0.25) is 5.76 Å². The van der Waals surface area contributed by atoms with E-state index in [1.807, 2.05) is 0 Å². The Hall–Kier alpha value is -2.02. The van der Waals surface area contributed by atoms with Crippen molar-refractivity contribution in [2.45, 2.75) is 20.8 Å². The molecule has 2 aromatic rings. The zero-order valence-corrected chi connectivity index (χ0v) is 13.6. The Kier molecular flexibility index (Phi) is 4.75. The number of hydrogen-bond donors (Lipinski definition) is 1. The van der Waals surface area contributed by atoms with E-state index >= 15 is 0 Å². The second kappa shape index (κ2) is 6.39. The van der Waals surface area contributed by atoms with E-state index in [0.29, 0.717) is 22.2 Å². The number of aryl methyl sites for hydroxylation is 1. The van der Waals surface area contributed by atoms with Crippen LogP contribution in [-0.2, 0) is 14.6 Å². The zero-order chi connectivity index (χ0) is 16.3. The number of sulfone groups is 1. The van der Waals surface area contributed by atoms with Crippen LogP contribution < -0.4 is 5.32 Å². The highest BCUT2D eigenvalue weighted by Gasteiger charge is 2.21. The maximum Gasteiger partial charge on any atom is 0.374 e. The summed E-state index contributed by atoms with van der Waals surface area (Å²) in [6.45, 7) is 5.32. The average Bonchev–Trinajstić information content (AvgIpc) is 2.83. The molecule has 120 valence electrons. The standard InChI is InChI=1S/C15H19NO5S/c1-4-20-15(17)14-10(3)13-11(7-6-8-12(13)21-14)16-9-22(18,19)5-2/h6-8,16H,4-5,9H2,1-3H3. The second-order valence-corrected chi connectivity index (χ2v) is 7.16. The van der Waals surface area contributed by atoms with Gasteiger partial charge in [-0.2, -0.15) is 0 Å². The molecule has 0 amide bonds. The van der Waals surface area contributed by atoms with Crippen LogP contribution in [-0.4, -0.2) is 32.6 Å². The lowest BCUT2D eigenvalue weighted by Crippen LogP contribution is -2.16. The van der Waals surface area contributed by atoms with Crippen molar-refractivity contribution < 1.29 is 22.4 Å². The number of fused-ring (bicyclic) bond motifs is 1. The molecule has 0 bridgehead atoms. The van der Waals surface area contributed by atoms with Crippen molar-refractivity contribution in [2.24, 2.45) is 0 Å². The maximum atomic E-state index is 11.9. The van der Waals surface area contributed by atoms with Crippen molar-refractivity contribution in [2.75, 3.05) is 23.6 Å². The summed E-state index contributed by atoms with van der Waals surface area (Å²) < 4.78 is 33.8. The molecular weight excluding hydrogens is 306 g/mol. The molecule has 6 nitrogen and oxygen atoms in total. The molecule has 1 N–H and O–H groups in total. The molecule has 1 aromatic heterocycles. The zero-order valence-electron chi connectivity index (χ0n) is 12.8. The molecule has 0 saturated carbocycles. The molecule has 0 aliphatic carbocycles. The quantitative estimate of drug-likeness (QED) is 0.822. The minimum Gasteiger partial charge on any atom is -0.460 e. The predicted molar refractivity (Wildman–Crippen MR) is 84.9 cm³/mol. The van der Waals surface area contributed by atoms with Crippen LogP contribution in [0.1, 0.15) is 30.0 Å². The summed E-state index contributed by atoms with van der Waals surface area (Å²) in [7, 11) is -3.15.